The molecule has 2 aromatic carbocycles. The minimum absolute atomic E-state index is 0.160. The maximum absolute atomic E-state index is 11.7. The average Bonchev–Trinajstić information content (AvgIpc) is 2.56. The Morgan fingerprint density at radius 1 is 1.22 bits per heavy atom. The summed E-state index contributed by atoms with van der Waals surface area (Å²) in [6, 6.07) is 14.8. The highest BCUT2D eigenvalue weighted by Crippen LogP contribution is 2.19. The summed E-state index contributed by atoms with van der Waals surface area (Å²) >= 11 is 7.24. The van der Waals surface area contributed by atoms with Crippen molar-refractivity contribution in [3.8, 4) is 5.75 Å². The van der Waals surface area contributed by atoms with Crippen LogP contribution in [0, 0.1) is 0 Å². The van der Waals surface area contributed by atoms with Crippen molar-refractivity contribution in [2.45, 2.75) is 11.8 Å². The van der Waals surface area contributed by atoms with Crippen molar-refractivity contribution in [1.82, 2.24) is 5.43 Å². The first-order chi connectivity index (χ1) is 11.2. The van der Waals surface area contributed by atoms with Crippen LogP contribution in [0.15, 0.2) is 58.5 Å². The number of carbonyl (C=O) groups excluding carboxylic acids is 1. The van der Waals surface area contributed by atoms with Crippen LogP contribution in [0.1, 0.15) is 12.5 Å². The SMILES string of the molecule is CCOc1ccc(/C=N/NC(=O)CSc2ccc(Cl)cc2)cc1. The molecule has 0 aliphatic heterocycles. The summed E-state index contributed by atoms with van der Waals surface area (Å²) in [6.07, 6.45) is 1.60. The van der Waals surface area contributed by atoms with Crippen molar-refractivity contribution < 1.29 is 9.53 Å². The highest BCUT2D eigenvalue weighted by atomic mass is 35.5. The zero-order chi connectivity index (χ0) is 16.5. The van der Waals surface area contributed by atoms with Gasteiger partial charge in [-0.1, -0.05) is 11.6 Å². The van der Waals surface area contributed by atoms with Crippen LogP contribution in [-0.4, -0.2) is 24.5 Å². The molecule has 0 radical (unpaired) electrons. The summed E-state index contributed by atoms with van der Waals surface area (Å²) in [6.45, 7) is 2.57. The van der Waals surface area contributed by atoms with Crippen molar-refractivity contribution in [3.63, 3.8) is 0 Å². The van der Waals surface area contributed by atoms with E-state index in [4.69, 9.17) is 16.3 Å². The number of halogens is 1. The van der Waals surface area contributed by atoms with Gasteiger partial charge in [-0.15, -0.1) is 11.8 Å². The van der Waals surface area contributed by atoms with E-state index in [1.54, 1.807) is 18.3 Å². The molecule has 23 heavy (non-hydrogen) atoms. The third kappa shape index (κ3) is 6.34. The number of nitrogens with zero attached hydrogens (tertiary/aromatic N) is 1. The van der Waals surface area contributed by atoms with Gasteiger partial charge in [0.15, 0.2) is 0 Å². The summed E-state index contributed by atoms with van der Waals surface area (Å²) in [4.78, 5) is 12.7. The molecule has 0 spiro atoms. The van der Waals surface area contributed by atoms with E-state index in [1.807, 2.05) is 43.3 Å². The molecule has 1 amide bonds. The monoisotopic (exact) mass is 348 g/mol. The van der Waals surface area contributed by atoms with Crippen LogP contribution in [-0.2, 0) is 4.79 Å². The zero-order valence-electron chi connectivity index (χ0n) is 12.7. The summed E-state index contributed by atoms with van der Waals surface area (Å²) in [5, 5.41) is 4.62. The topological polar surface area (TPSA) is 50.7 Å². The van der Waals surface area contributed by atoms with Gasteiger partial charge in [-0.25, -0.2) is 5.43 Å². The highest BCUT2D eigenvalue weighted by molar-refractivity contribution is 8.00. The first-order valence-electron chi connectivity index (χ1n) is 7.10. The van der Waals surface area contributed by atoms with Crippen LogP contribution < -0.4 is 10.2 Å². The van der Waals surface area contributed by atoms with Crippen LogP contribution in [0.25, 0.3) is 0 Å². The lowest BCUT2D eigenvalue weighted by molar-refractivity contribution is -0.118. The van der Waals surface area contributed by atoms with Gasteiger partial charge in [-0.3, -0.25) is 4.79 Å². The number of thioether (sulfide) groups is 1. The molecule has 0 fully saturated rings. The second-order valence-electron chi connectivity index (χ2n) is 4.54. The predicted octanol–water partition coefficient (Wildman–Crippen LogP) is 3.98. The standard InChI is InChI=1S/C17H17ClN2O2S/c1-2-22-15-7-3-13(4-8-15)11-19-20-17(21)12-23-16-9-5-14(18)6-10-16/h3-11H,2,12H2,1H3,(H,20,21)/b19-11+. The van der Waals surface area contributed by atoms with Gasteiger partial charge in [-0.05, 0) is 61.0 Å². The lowest BCUT2D eigenvalue weighted by Crippen LogP contribution is -2.19. The van der Waals surface area contributed by atoms with Crippen LogP contribution >= 0.6 is 23.4 Å². The van der Waals surface area contributed by atoms with Crippen molar-refractivity contribution in [1.29, 1.82) is 0 Å². The third-order valence-corrected chi connectivity index (χ3v) is 4.04. The molecule has 120 valence electrons. The molecule has 0 saturated carbocycles. The number of rotatable bonds is 7. The fourth-order valence-electron chi connectivity index (χ4n) is 1.71. The maximum Gasteiger partial charge on any atom is 0.250 e. The maximum atomic E-state index is 11.7. The first kappa shape index (κ1) is 17.4. The lowest BCUT2D eigenvalue weighted by Gasteiger charge is -2.02. The highest BCUT2D eigenvalue weighted by Gasteiger charge is 2.01. The Kier molecular flexibility index (Phi) is 6.97. The van der Waals surface area contributed by atoms with Crippen molar-refractivity contribution in [2.24, 2.45) is 5.10 Å². The zero-order valence-corrected chi connectivity index (χ0v) is 14.2. The summed E-state index contributed by atoms with van der Waals surface area (Å²) < 4.78 is 5.36. The molecule has 4 nitrogen and oxygen atoms in total. The normalized spacial score (nSPS) is 10.7. The van der Waals surface area contributed by atoms with E-state index in [9.17, 15) is 4.79 Å². The van der Waals surface area contributed by atoms with Gasteiger partial charge in [0.1, 0.15) is 5.75 Å². The van der Waals surface area contributed by atoms with Gasteiger partial charge in [0.2, 0.25) is 5.91 Å². The van der Waals surface area contributed by atoms with E-state index >= 15 is 0 Å². The van der Waals surface area contributed by atoms with Crippen molar-refractivity contribution in [3.05, 3.63) is 59.1 Å². The van der Waals surface area contributed by atoms with Crippen LogP contribution in [0.2, 0.25) is 5.02 Å². The minimum atomic E-state index is -0.160. The fraction of sp³-hybridized carbons (Fsp3) is 0.176. The molecular weight excluding hydrogens is 332 g/mol. The van der Waals surface area contributed by atoms with E-state index < -0.39 is 0 Å². The number of hydrogen-bond donors (Lipinski definition) is 1. The molecule has 0 atom stereocenters. The van der Waals surface area contributed by atoms with Crippen LogP contribution in [0.3, 0.4) is 0 Å². The van der Waals surface area contributed by atoms with Gasteiger partial charge in [0, 0.05) is 9.92 Å². The Bertz CT molecular complexity index is 657. The Hall–Kier alpha value is -1.98. The fourth-order valence-corrected chi connectivity index (χ4v) is 2.52. The molecule has 2 rings (SSSR count). The van der Waals surface area contributed by atoms with E-state index in [1.165, 1.54) is 11.8 Å². The Balaban J connectivity index is 1.75. The molecule has 1 N–H and O–H groups in total. The molecule has 0 unspecified atom stereocenters. The number of benzene rings is 2. The summed E-state index contributed by atoms with van der Waals surface area (Å²) in [5.74, 6) is 0.947. The average molecular weight is 349 g/mol. The molecule has 0 aliphatic rings. The lowest BCUT2D eigenvalue weighted by atomic mass is 10.2. The van der Waals surface area contributed by atoms with Crippen molar-refractivity contribution in [2.75, 3.05) is 12.4 Å². The van der Waals surface area contributed by atoms with Gasteiger partial charge in [-0.2, -0.15) is 5.10 Å². The minimum Gasteiger partial charge on any atom is -0.494 e. The largest absolute Gasteiger partial charge is 0.494 e. The second-order valence-corrected chi connectivity index (χ2v) is 6.02. The molecule has 0 aliphatic carbocycles. The number of hydrazone groups is 1. The Morgan fingerprint density at radius 2 is 1.91 bits per heavy atom. The second kappa shape index (κ2) is 9.22. The quantitative estimate of drug-likeness (QED) is 0.467. The number of amides is 1. The van der Waals surface area contributed by atoms with Gasteiger partial charge in [0.25, 0.3) is 0 Å². The van der Waals surface area contributed by atoms with E-state index in [2.05, 4.69) is 10.5 Å². The van der Waals surface area contributed by atoms with Crippen molar-refractivity contribution >= 4 is 35.5 Å². The molecule has 2 aromatic rings. The first-order valence-corrected chi connectivity index (χ1v) is 8.47. The molecule has 0 saturated heterocycles. The van der Waals surface area contributed by atoms with Gasteiger partial charge < -0.3 is 4.74 Å². The Morgan fingerprint density at radius 3 is 2.57 bits per heavy atom. The Labute approximate surface area is 144 Å². The number of hydrogen-bond acceptors (Lipinski definition) is 4. The van der Waals surface area contributed by atoms with Crippen LogP contribution in [0.4, 0.5) is 0 Å². The summed E-state index contributed by atoms with van der Waals surface area (Å²) in [7, 11) is 0. The van der Waals surface area contributed by atoms with E-state index in [0.29, 0.717) is 17.4 Å². The van der Waals surface area contributed by atoms with Gasteiger partial charge in [0.05, 0.1) is 18.6 Å². The van der Waals surface area contributed by atoms with E-state index in [0.717, 1.165) is 16.2 Å². The van der Waals surface area contributed by atoms with Crippen LogP contribution in [0.5, 0.6) is 5.75 Å². The smallest absolute Gasteiger partial charge is 0.250 e. The molecule has 0 bridgehead atoms. The molecular formula is C17H17ClN2O2S. The number of carbonyl (C=O) groups is 1. The molecule has 6 heteroatoms. The number of nitrogens with one attached hydrogen (secondary N) is 1. The van der Waals surface area contributed by atoms with Gasteiger partial charge >= 0.3 is 0 Å². The number of ether oxygens (including phenoxy) is 1. The molecule has 0 heterocycles. The van der Waals surface area contributed by atoms with E-state index in [-0.39, 0.29) is 5.91 Å². The third-order valence-electron chi connectivity index (χ3n) is 2.78. The predicted molar refractivity (Wildman–Crippen MR) is 95.5 cm³/mol. The summed E-state index contributed by atoms with van der Waals surface area (Å²) in [5.41, 5.74) is 3.39. The molecule has 0 aromatic heterocycles.